The van der Waals surface area contributed by atoms with Crippen LogP contribution in [0.25, 0.3) is 16.9 Å². The van der Waals surface area contributed by atoms with Crippen LogP contribution in [0, 0.1) is 12.3 Å². The number of imidazole rings is 1. The Bertz CT molecular complexity index is 2010. The summed E-state index contributed by atoms with van der Waals surface area (Å²) in [6.07, 6.45) is 6.75. The van der Waals surface area contributed by atoms with E-state index >= 15 is 0 Å². The number of aryl methyl sites for hydroxylation is 1. The number of methoxy groups -OCH3 is 1. The van der Waals surface area contributed by atoms with Crippen LogP contribution in [0.1, 0.15) is 41.4 Å². The Morgan fingerprint density at radius 2 is 1.90 bits per heavy atom. The number of rotatable bonds is 11. The first-order valence-corrected chi connectivity index (χ1v) is 17.9. The number of pyridine rings is 1. The van der Waals surface area contributed by atoms with E-state index in [1.165, 1.54) is 22.9 Å². The van der Waals surface area contributed by atoms with Crippen molar-refractivity contribution >= 4 is 40.7 Å². The Labute approximate surface area is 300 Å². The Morgan fingerprint density at radius 3 is 2.64 bits per heavy atom. The lowest BCUT2D eigenvalue weighted by molar-refractivity contribution is -0.123. The average Bonchev–Trinajstić information content (AvgIpc) is 3.69. The summed E-state index contributed by atoms with van der Waals surface area (Å²) in [5.41, 5.74) is 13.0. The second-order valence-electron chi connectivity index (χ2n) is 12.9. The molecule has 11 nitrogen and oxygen atoms in total. The van der Waals surface area contributed by atoms with E-state index in [0.29, 0.717) is 40.3 Å². The molecule has 0 unspecified atom stereocenters. The molecule has 5 aromatic rings. The highest BCUT2D eigenvalue weighted by Crippen LogP contribution is 2.51. The number of ether oxygens (including phenoxy) is 2. The van der Waals surface area contributed by atoms with Crippen LogP contribution in [-0.4, -0.2) is 70.3 Å². The van der Waals surface area contributed by atoms with Gasteiger partial charge in [0.2, 0.25) is 0 Å². The van der Waals surface area contributed by atoms with Crippen LogP contribution in [0.4, 0.5) is 5.82 Å². The van der Waals surface area contributed by atoms with Gasteiger partial charge in [0.15, 0.2) is 18.1 Å². The maximum absolute atomic E-state index is 11.9. The topological polar surface area (TPSA) is 140 Å². The molecule has 3 aromatic heterocycles. The average molecular weight is 714 g/mol. The van der Waals surface area contributed by atoms with Crippen LogP contribution in [0.5, 0.6) is 5.75 Å². The fourth-order valence-electron chi connectivity index (χ4n) is 6.99. The number of hydrogen-bond donors (Lipinski definition) is 3. The van der Waals surface area contributed by atoms with Crippen molar-refractivity contribution in [2.75, 3.05) is 44.9 Å². The number of carbonyl (C=O) groups is 1. The molecule has 1 aliphatic heterocycles. The van der Waals surface area contributed by atoms with Crippen molar-refractivity contribution in [2.24, 2.45) is 11.1 Å². The summed E-state index contributed by atoms with van der Waals surface area (Å²) in [4.78, 5) is 29.6. The number of fused-ring (bicyclic) bond motifs is 2. The number of aromatic nitrogens is 4. The van der Waals surface area contributed by atoms with Crippen molar-refractivity contribution in [3.8, 4) is 17.0 Å². The normalized spacial score (nSPS) is 16.6. The molecule has 1 amide bonds. The fraction of sp³-hybridized carbons (Fsp3) is 0.351. The van der Waals surface area contributed by atoms with E-state index in [1.807, 2.05) is 41.9 Å². The van der Waals surface area contributed by atoms with Crippen LogP contribution in [0.2, 0.25) is 5.02 Å². The first-order valence-electron chi connectivity index (χ1n) is 16.7. The molecule has 0 bridgehead atoms. The third-order valence-electron chi connectivity index (χ3n) is 9.77. The summed E-state index contributed by atoms with van der Waals surface area (Å²) >= 11 is 8.34. The summed E-state index contributed by atoms with van der Waals surface area (Å²) in [7, 11) is 1.58. The molecule has 13 heteroatoms. The number of anilines is 1. The minimum absolute atomic E-state index is 0.0377. The Balaban J connectivity index is 1.03. The number of benzene rings is 2. The molecular formula is C37H40ClN7O4S. The monoisotopic (exact) mass is 713 g/mol. The minimum atomic E-state index is -0.218. The number of nitrogens with two attached hydrogens (primary N) is 1. The first-order chi connectivity index (χ1) is 24.3. The van der Waals surface area contributed by atoms with E-state index < -0.39 is 0 Å². The van der Waals surface area contributed by atoms with Crippen molar-refractivity contribution < 1.29 is 19.4 Å². The van der Waals surface area contributed by atoms with Crippen LogP contribution < -0.4 is 20.7 Å². The van der Waals surface area contributed by atoms with E-state index in [-0.39, 0.29) is 30.6 Å². The van der Waals surface area contributed by atoms with Crippen LogP contribution in [0.3, 0.4) is 0 Å². The smallest absolute Gasteiger partial charge is 0.258 e. The van der Waals surface area contributed by atoms with Gasteiger partial charge in [0.05, 0.1) is 29.6 Å². The molecule has 0 saturated carbocycles. The molecule has 1 spiro atoms. The zero-order valence-corrected chi connectivity index (χ0v) is 29.6. The maximum Gasteiger partial charge on any atom is 0.258 e. The van der Waals surface area contributed by atoms with Crippen molar-refractivity contribution in [1.29, 1.82) is 0 Å². The number of nitrogens with zero attached hydrogens (tertiary/aromatic N) is 5. The van der Waals surface area contributed by atoms with Gasteiger partial charge in [0.1, 0.15) is 16.5 Å². The minimum Gasteiger partial charge on any atom is -0.484 e. The largest absolute Gasteiger partial charge is 0.484 e. The molecule has 4 heterocycles. The van der Waals surface area contributed by atoms with Crippen molar-refractivity contribution in [3.05, 3.63) is 94.5 Å². The number of halogens is 1. The predicted octanol–water partition coefficient (Wildman–Crippen LogP) is 5.38. The summed E-state index contributed by atoms with van der Waals surface area (Å²) in [5, 5.41) is 14.3. The van der Waals surface area contributed by atoms with Crippen molar-refractivity contribution in [2.45, 2.75) is 48.8 Å². The Kier molecular flexibility index (Phi) is 9.98. The lowest BCUT2D eigenvalue weighted by atomic mass is 9.73. The Morgan fingerprint density at radius 1 is 1.12 bits per heavy atom. The molecule has 50 heavy (non-hydrogen) atoms. The number of aliphatic hydroxyl groups excluding tert-OH is 1. The standard InChI is InChI=1S/C37H40ClN7O4S/c1-23-36(43-29(21-46)34(41-23)44-16-12-37(13-17-44)19-25-5-3-4-6-27(25)33(37)39)50-30-11-15-45-20-28(42-35(45)32(30)38)24-7-9-26(10-8-24)49-22-31(47)40-14-18-48-2/h3-11,15,20,33,46H,12-14,16-19,21-22,39H2,1-2H3,(H,40,47)/t33-/m1/s1. The summed E-state index contributed by atoms with van der Waals surface area (Å²) in [6.45, 7) is 4.14. The SMILES string of the molecule is COCCNC(=O)COc1ccc(-c2cn3ccc(Sc4nc(CO)c(N5CCC6(CC5)Cc5ccccc5[C@H]6N)nc4C)c(Cl)c3n2)cc1. The zero-order valence-electron chi connectivity index (χ0n) is 28.1. The van der Waals surface area contributed by atoms with Gasteiger partial charge >= 0.3 is 0 Å². The molecule has 260 valence electrons. The lowest BCUT2D eigenvalue weighted by Gasteiger charge is -2.43. The molecule has 0 radical (unpaired) electrons. The maximum atomic E-state index is 11.9. The molecule has 1 saturated heterocycles. The van der Waals surface area contributed by atoms with Gasteiger partial charge in [-0.1, -0.05) is 47.6 Å². The predicted molar refractivity (Wildman–Crippen MR) is 194 cm³/mol. The van der Waals surface area contributed by atoms with Gasteiger partial charge in [-0.3, -0.25) is 4.79 Å². The molecule has 4 N–H and O–H groups in total. The summed E-state index contributed by atoms with van der Waals surface area (Å²) < 4.78 is 12.4. The van der Waals surface area contributed by atoms with Crippen LogP contribution in [0.15, 0.2) is 76.9 Å². The summed E-state index contributed by atoms with van der Waals surface area (Å²) in [6, 6.07) is 17.9. The zero-order chi connectivity index (χ0) is 34.8. The fourth-order valence-corrected chi connectivity index (χ4v) is 8.17. The quantitative estimate of drug-likeness (QED) is 0.153. The van der Waals surface area contributed by atoms with Gasteiger partial charge in [-0.15, -0.1) is 0 Å². The summed E-state index contributed by atoms with van der Waals surface area (Å²) in [5.74, 6) is 1.10. The number of nitrogens with one attached hydrogen (secondary N) is 1. The number of aliphatic hydroxyl groups is 1. The molecule has 1 fully saturated rings. The van der Waals surface area contributed by atoms with Gasteiger partial charge in [0.25, 0.3) is 5.91 Å². The molecule has 1 atom stereocenters. The first kappa shape index (κ1) is 34.3. The van der Waals surface area contributed by atoms with E-state index in [4.69, 9.17) is 41.8 Å². The van der Waals surface area contributed by atoms with Gasteiger partial charge in [-0.2, -0.15) is 0 Å². The van der Waals surface area contributed by atoms with Crippen LogP contribution >= 0.6 is 23.4 Å². The highest BCUT2D eigenvalue weighted by atomic mass is 35.5. The Hall–Kier alpha value is -4.20. The number of piperidine rings is 1. The number of amides is 1. The number of carbonyl (C=O) groups excluding carboxylic acids is 1. The highest BCUT2D eigenvalue weighted by molar-refractivity contribution is 7.99. The highest BCUT2D eigenvalue weighted by Gasteiger charge is 2.46. The lowest BCUT2D eigenvalue weighted by Crippen LogP contribution is -2.45. The van der Waals surface area contributed by atoms with Gasteiger partial charge in [0, 0.05) is 55.6 Å². The van der Waals surface area contributed by atoms with Crippen molar-refractivity contribution in [3.63, 3.8) is 0 Å². The third kappa shape index (κ3) is 6.78. The molecule has 2 aliphatic rings. The second-order valence-corrected chi connectivity index (χ2v) is 14.3. The molecule has 2 aromatic carbocycles. The number of hydrogen-bond acceptors (Lipinski definition) is 10. The van der Waals surface area contributed by atoms with E-state index in [9.17, 15) is 9.90 Å². The van der Waals surface area contributed by atoms with Crippen molar-refractivity contribution in [1.82, 2.24) is 24.7 Å². The van der Waals surface area contributed by atoms with Gasteiger partial charge in [-0.25, -0.2) is 15.0 Å². The van der Waals surface area contributed by atoms with E-state index in [0.717, 1.165) is 60.0 Å². The molecule has 1 aliphatic carbocycles. The van der Waals surface area contributed by atoms with E-state index in [2.05, 4.69) is 34.5 Å². The third-order valence-corrected chi connectivity index (χ3v) is 11.4. The van der Waals surface area contributed by atoms with Gasteiger partial charge in [-0.05, 0) is 73.1 Å². The van der Waals surface area contributed by atoms with Crippen LogP contribution in [-0.2, 0) is 22.6 Å². The van der Waals surface area contributed by atoms with E-state index in [1.54, 1.807) is 19.2 Å². The molecule has 7 rings (SSSR count). The van der Waals surface area contributed by atoms with Gasteiger partial charge < -0.3 is 34.9 Å². The second kappa shape index (κ2) is 14.6. The molecular weight excluding hydrogens is 674 g/mol.